The Hall–Kier alpha value is -4.15. The molecule has 4 heterocycles. The van der Waals surface area contributed by atoms with Crippen LogP contribution in [0.1, 0.15) is 36.4 Å². The topological polar surface area (TPSA) is 94.0 Å². The number of hydrogen-bond donors (Lipinski definition) is 1. The third kappa shape index (κ3) is 5.59. The van der Waals surface area contributed by atoms with Crippen LogP contribution >= 0.6 is 0 Å². The van der Waals surface area contributed by atoms with E-state index in [-0.39, 0.29) is 11.7 Å². The van der Waals surface area contributed by atoms with Gasteiger partial charge in [-0.3, -0.25) is 15.0 Å². The molecule has 0 radical (unpaired) electrons. The summed E-state index contributed by atoms with van der Waals surface area (Å²) < 4.78 is 27.7. The SMILES string of the molecule is COCCCOc1cccc(F)c1CN1CCC[C@@H](c2cn(-c3ccc4[nH]nc(-c5ccncc5)c4c3)nn2)C1. The number of piperidine rings is 1. The fraction of sp³-hybridized carbons (Fsp3) is 0.333. The number of ether oxygens (including phenoxy) is 2. The van der Waals surface area contributed by atoms with E-state index in [0.717, 1.165) is 65.9 Å². The molecule has 0 unspecified atom stereocenters. The molecule has 40 heavy (non-hydrogen) atoms. The average Bonchev–Trinajstić information content (AvgIpc) is 3.65. The van der Waals surface area contributed by atoms with Crippen LogP contribution in [0.3, 0.4) is 0 Å². The Balaban J connectivity index is 1.17. The van der Waals surface area contributed by atoms with Crippen LogP contribution in [0, 0.1) is 5.82 Å². The number of fused-ring (bicyclic) bond motifs is 1. The van der Waals surface area contributed by atoms with Crippen LogP contribution in [-0.4, -0.2) is 68.5 Å². The number of rotatable bonds is 10. The summed E-state index contributed by atoms with van der Waals surface area (Å²) in [6.45, 7) is 3.28. The molecule has 1 fully saturated rings. The summed E-state index contributed by atoms with van der Waals surface area (Å²) >= 11 is 0. The van der Waals surface area contributed by atoms with Gasteiger partial charge in [0, 0.05) is 68.1 Å². The minimum absolute atomic E-state index is 0.213. The predicted octanol–water partition coefficient (Wildman–Crippen LogP) is 5.14. The van der Waals surface area contributed by atoms with E-state index in [1.54, 1.807) is 25.6 Å². The van der Waals surface area contributed by atoms with Crippen LogP contribution in [0.25, 0.3) is 27.8 Å². The van der Waals surface area contributed by atoms with Gasteiger partial charge in [-0.1, -0.05) is 11.3 Å². The predicted molar refractivity (Wildman–Crippen MR) is 150 cm³/mol. The third-order valence-electron chi connectivity index (χ3n) is 7.41. The highest BCUT2D eigenvalue weighted by atomic mass is 19.1. The second kappa shape index (κ2) is 11.9. The molecule has 0 bridgehead atoms. The quantitative estimate of drug-likeness (QED) is 0.245. The average molecular weight is 542 g/mol. The Morgan fingerprint density at radius 2 is 2.00 bits per heavy atom. The summed E-state index contributed by atoms with van der Waals surface area (Å²) in [5.74, 6) is 0.577. The molecule has 1 aliphatic heterocycles. The third-order valence-corrected chi connectivity index (χ3v) is 7.41. The van der Waals surface area contributed by atoms with Gasteiger partial charge in [0.05, 0.1) is 29.7 Å². The molecule has 2 aromatic carbocycles. The van der Waals surface area contributed by atoms with E-state index in [9.17, 15) is 4.39 Å². The molecule has 3 aromatic heterocycles. The Morgan fingerprint density at radius 1 is 1.10 bits per heavy atom. The summed E-state index contributed by atoms with van der Waals surface area (Å²) in [6.07, 6.45) is 8.31. The van der Waals surface area contributed by atoms with Gasteiger partial charge in [-0.25, -0.2) is 9.07 Å². The number of halogens is 1. The number of pyridine rings is 1. The lowest BCUT2D eigenvalue weighted by Crippen LogP contribution is -2.34. The van der Waals surface area contributed by atoms with Gasteiger partial charge in [0.2, 0.25) is 0 Å². The van der Waals surface area contributed by atoms with Crippen LogP contribution in [0.4, 0.5) is 4.39 Å². The van der Waals surface area contributed by atoms with Gasteiger partial charge < -0.3 is 9.47 Å². The number of aromatic nitrogens is 6. The molecule has 6 rings (SSSR count). The van der Waals surface area contributed by atoms with Crippen molar-refractivity contribution in [1.82, 2.24) is 35.1 Å². The second-order valence-electron chi connectivity index (χ2n) is 10.1. The molecular weight excluding hydrogens is 509 g/mol. The van der Waals surface area contributed by atoms with Gasteiger partial charge in [-0.15, -0.1) is 5.10 Å². The van der Waals surface area contributed by atoms with Crippen molar-refractivity contribution in [2.75, 3.05) is 33.4 Å². The lowest BCUT2D eigenvalue weighted by atomic mass is 9.95. The molecule has 206 valence electrons. The maximum Gasteiger partial charge on any atom is 0.131 e. The lowest BCUT2D eigenvalue weighted by molar-refractivity contribution is 0.168. The number of methoxy groups -OCH3 is 1. The van der Waals surface area contributed by atoms with E-state index >= 15 is 0 Å². The van der Waals surface area contributed by atoms with Crippen LogP contribution in [-0.2, 0) is 11.3 Å². The largest absolute Gasteiger partial charge is 0.493 e. The molecule has 10 heteroatoms. The molecule has 0 saturated carbocycles. The van der Waals surface area contributed by atoms with Crippen LogP contribution in [0.15, 0.2) is 67.1 Å². The first-order valence-corrected chi connectivity index (χ1v) is 13.6. The van der Waals surface area contributed by atoms with Gasteiger partial charge in [0.25, 0.3) is 0 Å². The molecule has 1 aliphatic rings. The first kappa shape index (κ1) is 26.1. The number of H-pyrrole nitrogens is 1. The van der Waals surface area contributed by atoms with Crippen molar-refractivity contribution < 1.29 is 13.9 Å². The molecule has 1 saturated heterocycles. The normalized spacial score (nSPS) is 16.0. The molecular formula is C30H32FN7O2. The van der Waals surface area contributed by atoms with E-state index in [2.05, 4.69) is 36.5 Å². The Kier molecular flexibility index (Phi) is 7.78. The van der Waals surface area contributed by atoms with Crippen molar-refractivity contribution in [1.29, 1.82) is 0 Å². The van der Waals surface area contributed by atoms with Crippen molar-refractivity contribution in [3.05, 3.63) is 84.2 Å². The highest BCUT2D eigenvalue weighted by molar-refractivity contribution is 5.94. The van der Waals surface area contributed by atoms with Gasteiger partial charge in [0.15, 0.2) is 0 Å². The number of hydrogen-bond acceptors (Lipinski definition) is 7. The second-order valence-corrected chi connectivity index (χ2v) is 10.1. The zero-order valence-electron chi connectivity index (χ0n) is 22.5. The summed E-state index contributed by atoms with van der Waals surface area (Å²) in [5.41, 5.74) is 5.28. The van der Waals surface area contributed by atoms with Gasteiger partial charge in [-0.2, -0.15) is 5.10 Å². The molecule has 9 nitrogen and oxygen atoms in total. The number of benzene rings is 2. The highest BCUT2D eigenvalue weighted by Gasteiger charge is 2.25. The molecule has 5 aromatic rings. The molecule has 0 amide bonds. The summed E-state index contributed by atoms with van der Waals surface area (Å²) in [5, 5.41) is 17.6. The van der Waals surface area contributed by atoms with Crippen molar-refractivity contribution in [2.24, 2.45) is 0 Å². The first-order valence-electron chi connectivity index (χ1n) is 13.6. The zero-order valence-corrected chi connectivity index (χ0v) is 22.5. The van der Waals surface area contributed by atoms with Crippen molar-refractivity contribution in [3.63, 3.8) is 0 Å². The monoisotopic (exact) mass is 541 g/mol. The van der Waals surface area contributed by atoms with E-state index in [4.69, 9.17) is 9.47 Å². The minimum Gasteiger partial charge on any atom is -0.493 e. The Labute approximate surface area is 231 Å². The Morgan fingerprint density at radius 3 is 2.88 bits per heavy atom. The maximum absolute atomic E-state index is 14.8. The summed E-state index contributed by atoms with van der Waals surface area (Å²) in [6, 6.07) is 15.0. The van der Waals surface area contributed by atoms with E-state index < -0.39 is 0 Å². The maximum atomic E-state index is 14.8. The summed E-state index contributed by atoms with van der Waals surface area (Å²) in [7, 11) is 1.66. The number of nitrogens with zero attached hydrogens (tertiary/aromatic N) is 6. The van der Waals surface area contributed by atoms with Gasteiger partial charge >= 0.3 is 0 Å². The molecule has 0 spiro atoms. The van der Waals surface area contributed by atoms with Crippen LogP contribution < -0.4 is 4.74 Å². The summed E-state index contributed by atoms with van der Waals surface area (Å²) in [4.78, 5) is 6.39. The van der Waals surface area contributed by atoms with E-state index in [1.165, 1.54) is 6.07 Å². The van der Waals surface area contributed by atoms with E-state index in [0.29, 0.717) is 31.1 Å². The first-order chi connectivity index (χ1) is 19.7. The smallest absolute Gasteiger partial charge is 0.131 e. The van der Waals surface area contributed by atoms with Crippen LogP contribution in [0.5, 0.6) is 5.75 Å². The molecule has 0 aliphatic carbocycles. The van der Waals surface area contributed by atoms with Crippen LogP contribution in [0.2, 0.25) is 0 Å². The standard InChI is InChI=1S/C30H32FN7O2/c1-39-15-4-16-40-29-7-2-6-26(31)25(29)19-37-14-3-5-22(18-37)28-20-38(36-34-28)23-8-9-27-24(17-23)30(35-33-27)21-10-12-32-13-11-21/h2,6-13,17,20,22H,3-5,14-16,18-19H2,1H3,(H,33,35)/t22-/m1/s1. The fourth-order valence-electron chi connectivity index (χ4n) is 5.34. The fourth-order valence-corrected chi connectivity index (χ4v) is 5.34. The lowest BCUT2D eigenvalue weighted by Gasteiger charge is -2.32. The number of likely N-dealkylation sites (tertiary alicyclic amines) is 1. The van der Waals surface area contributed by atoms with Gasteiger partial charge in [-0.05, 0) is 61.9 Å². The minimum atomic E-state index is -0.238. The number of nitrogens with one attached hydrogen (secondary N) is 1. The van der Waals surface area contributed by atoms with Crippen molar-refractivity contribution in [2.45, 2.75) is 31.7 Å². The zero-order chi connectivity index (χ0) is 27.3. The molecule has 1 N–H and O–H groups in total. The highest BCUT2D eigenvalue weighted by Crippen LogP contribution is 2.31. The number of aromatic amines is 1. The van der Waals surface area contributed by atoms with Gasteiger partial charge in [0.1, 0.15) is 17.3 Å². The van der Waals surface area contributed by atoms with Crippen molar-refractivity contribution >= 4 is 10.9 Å². The molecule has 1 atom stereocenters. The Bertz CT molecular complexity index is 1570. The van der Waals surface area contributed by atoms with E-state index in [1.807, 2.05) is 41.2 Å². The van der Waals surface area contributed by atoms with Crippen molar-refractivity contribution in [3.8, 4) is 22.7 Å².